The molecule has 1 heterocycles. The van der Waals surface area contributed by atoms with Gasteiger partial charge in [-0.25, -0.2) is 0 Å². The van der Waals surface area contributed by atoms with Gasteiger partial charge in [0.25, 0.3) is 0 Å². The first-order valence-electron chi connectivity index (χ1n) is 5.46. The first-order chi connectivity index (χ1) is 8.24. The van der Waals surface area contributed by atoms with Crippen LogP contribution in [0.3, 0.4) is 0 Å². The molecule has 0 spiro atoms. The van der Waals surface area contributed by atoms with Gasteiger partial charge in [0.15, 0.2) is 5.82 Å². The van der Waals surface area contributed by atoms with Crippen LogP contribution in [0.4, 0.5) is 0 Å². The fourth-order valence-corrected chi connectivity index (χ4v) is 1.50. The van der Waals surface area contributed by atoms with Crippen LogP contribution >= 0.6 is 0 Å². The maximum atomic E-state index is 6.05. The van der Waals surface area contributed by atoms with Gasteiger partial charge in [-0.1, -0.05) is 24.2 Å². The molecular weight excluding hydrogens is 218 g/mol. The second kappa shape index (κ2) is 4.97. The second-order valence-corrected chi connectivity index (χ2v) is 3.65. The van der Waals surface area contributed by atoms with Crippen molar-refractivity contribution in [3.8, 4) is 5.75 Å². The number of rotatable bonds is 4. The largest absolute Gasteiger partial charge is 0.497 e. The van der Waals surface area contributed by atoms with Crippen LogP contribution in [0.2, 0.25) is 0 Å². The topological polar surface area (TPSA) is 74.2 Å². The van der Waals surface area contributed by atoms with Gasteiger partial charge in [-0.2, -0.15) is 4.98 Å². The van der Waals surface area contributed by atoms with Crippen LogP contribution in [-0.2, 0) is 6.42 Å². The fourth-order valence-electron chi connectivity index (χ4n) is 1.50. The van der Waals surface area contributed by atoms with E-state index < -0.39 is 0 Å². The molecule has 0 aliphatic heterocycles. The van der Waals surface area contributed by atoms with E-state index in [2.05, 4.69) is 10.1 Å². The normalized spacial score (nSPS) is 12.4. The van der Waals surface area contributed by atoms with E-state index in [4.69, 9.17) is 15.0 Å². The van der Waals surface area contributed by atoms with Crippen LogP contribution in [-0.4, -0.2) is 17.3 Å². The van der Waals surface area contributed by atoms with Crippen molar-refractivity contribution >= 4 is 0 Å². The summed E-state index contributed by atoms with van der Waals surface area (Å²) in [7, 11) is 1.63. The molecule has 0 bridgehead atoms. The highest BCUT2D eigenvalue weighted by Gasteiger charge is 2.15. The first-order valence-corrected chi connectivity index (χ1v) is 5.46. The lowest BCUT2D eigenvalue weighted by Crippen LogP contribution is -2.13. The van der Waals surface area contributed by atoms with Crippen LogP contribution in [0.1, 0.15) is 30.2 Å². The average Bonchev–Trinajstić information content (AvgIpc) is 2.87. The van der Waals surface area contributed by atoms with E-state index in [9.17, 15) is 0 Å². The van der Waals surface area contributed by atoms with Gasteiger partial charge in [-0.3, -0.25) is 0 Å². The summed E-state index contributed by atoms with van der Waals surface area (Å²) in [5.74, 6) is 1.90. The monoisotopic (exact) mass is 233 g/mol. The predicted molar refractivity (Wildman–Crippen MR) is 62.7 cm³/mol. The number of hydrogen-bond acceptors (Lipinski definition) is 5. The first kappa shape index (κ1) is 11.6. The molecule has 0 aliphatic carbocycles. The van der Waals surface area contributed by atoms with Gasteiger partial charge >= 0.3 is 0 Å². The summed E-state index contributed by atoms with van der Waals surface area (Å²) < 4.78 is 10.1. The Morgan fingerprint density at radius 2 is 2.06 bits per heavy atom. The second-order valence-electron chi connectivity index (χ2n) is 3.65. The van der Waals surface area contributed by atoms with Crippen molar-refractivity contribution in [2.24, 2.45) is 5.73 Å². The quantitative estimate of drug-likeness (QED) is 0.869. The molecule has 2 rings (SSSR count). The van der Waals surface area contributed by atoms with E-state index in [-0.39, 0.29) is 6.04 Å². The van der Waals surface area contributed by atoms with Gasteiger partial charge in [0.2, 0.25) is 5.89 Å². The summed E-state index contributed by atoms with van der Waals surface area (Å²) in [6.45, 7) is 1.95. The number of aromatic nitrogens is 2. The third-order valence-electron chi connectivity index (χ3n) is 2.54. The van der Waals surface area contributed by atoms with Crippen LogP contribution < -0.4 is 10.5 Å². The molecule has 5 nitrogen and oxygen atoms in total. The summed E-state index contributed by atoms with van der Waals surface area (Å²) >= 11 is 0. The third-order valence-corrected chi connectivity index (χ3v) is 2.54. The Morgan fingerprint density at radius 3 is 2.59 bits per heavy atom. The minimum atomic E-state index is -0.370. The highest BCUT2D eigenvalue weighted by atomic mass is 16.5. The molecule has 5 heteroatoms. The molecule has 17 heavy (non-hydrogen) atoms. The van der Waals surface area contributed by atoms with Crippen LogP contribution in [0.15, 0.2) is 28.8 Å². The minimum absolute atomic E-state index is 0.370. The lowest BCUT2D eigenvalue weighted by atomic mass is 10.1. The summed E-state index contributed by atoms with van der Waals surface area (Å²) in [4.78, 5) is 4.21. The highest BCUT2D eigenvalue weighted by molar-refractivity contribution is 5.31. The molecule has 1 atom stereocenters. The Balaban J connectivity index is 2.20. The van der Waals surface area contributed by atoms with Crippen molar-refractivity contribution in [1.29, 1.82) is 0 Å². The standard InChI is InChI=1S/C12H15N3O2/c1-3-10-14-12(15-17-10)11(13)8-4-6-9(16-2)7-5-8/h4-7,11H,3,13H2,1-2H3. The smallest absolute Gasteiger partial charge is 0.226 e. The zero-order valence-electron chi connectivity index (χ0n) is 9.88. The number of methoxy groups -OCH3 is 1. The van der Waals surface area contributed by atoms with Gasteiger partial charge in [0.05, 0.1) is 13.2 Å². The van der Waals surface area contributed by atoms with Crippen molar-refractivity contribution in [1.82, 2.24) is 10.1 Å². The van der Waals surface area contributed by atoms with E-state index in [1.807, 2.05) is 31.2 Å². The molecule has 0 radical (unpaired) electrons. The minimum Gasteiger partial charge on any atom is -0.497 e. The van der Waals surface area contributed by atoms with Gasteiger partial charge in [0.1, 0.15) is 5.75 Å². The molecule has 0 amide bonds. The predicted octanol–water partition coefficient (Wildman–Crippen LogP) is 1.69. The highest BCUT2D eigenvalue weighted by Crippen LogP contribution is 2.20. The Hall–Kier alpha value is -1.88. The lowest BCUT2D eigenvalue weighted by molar-refractivity contribution is 0.375. The van der Waals surface area contributed by atoms with E-state index in [0.29, 0.717) is 18.1 Å². The van der Waals surface area contributed by atoms with Gasteiger partial charge in [-0.15, -0.1) is 0 Å². The lowest BCUT2D eigenvalue weighted by Gasteiger charge is -2.07. The van der Waals surface area contributed by atoms with Crippen LogP contribution in [0, 0.1) is 0 Å². The van der Waals surface area contributed by atoms with Crippen molar-refractivity contribution in [3.05, 3.63) is 41.5 Å². The molecule has 0 fully saturated rings. The molecule has 0 saturated carbocycles. The number of hydrogen-bond donors (Lipinski definition) is 1. The van der Waals surface area contributed by atoms with E-state index in [0.717, 1.165) is 11.3 Å². The van der Waals surface area contributed by atoms with E-state index in [1.54, 1.807) is 7.11 Å². The van der Waals surface area contributed by atoms with Gasteiger partial charge in [0, 0.05) is 6.42 Å². The molecular formula is C12H15N3O2. The number of aryl methyl sites for hydroxylation is 1. The van der Waals surface area contributed by atoms with Crippen LogP contribution in [0.5, 0.6) is 5.75 Å². The molecule has 0 aliphatic rings. The summed E-state index contributed by atoms with van der Waals surface area (Å²) in [5, 5.41) is 3.86. The van der Waals surface area contributed by atoms with Crippen molar-refractivity contribution in [2.75, 3.05) is 7.11 Å². The Morgan fingerprint density at radius 1 is 1.35 bits per heavy atom. The summed E-state index contributed by atoms with van der Waals surface area (Å²) in [6.07, 6.45) is 0.711. The van der Waals surface area contributed by atoms with Crippen LogP contribution in [0.25, 0.3) is 0 Å². The molecule has 0 saturated heterocycles. The maximum absolute atomic E-state index is 6.05. The average molecular weight is 233 g/mol. The fraction of sp³-hybridized carbons (Fsp3) is 0.333. The molecule has 1 unspecified atom stereocenters. The number of benzene rings is 1. The molecule has 2 aromatic rings. The third kappa shape index (κ3) is 2.45. The van der Waals surface area contributed by atoms with Gasteiger partial charge < -0.3 is 15.0 Å². The number of ether oxygens (including phenoxy) is 1. The molecule has 1 aromatic carbocycles. The van der Waals surface area contributed by atoms with Gasteiger partial charge in [-0.05, 0) is 17.7 Å². The Labute approximate surface area is 99.6 Å². The summed E-state index contributed by atoms with van der Waals surface area (Å²) in [5.41, 5.74) is 6.98. The Bertz CT molecular complexity index is 479. The van der Waals surface area contributed by atoms with Crippen molar-refractivity contribution < 1.29 is 9.26 Å². The summed E-state index contributed by atoms with van der Waals surface area (Å²) in [6, 6.07) is 7.13. The van der Waals surface area contributed by atoms with E-state index >= 15 is 0 Å². The molecule has 90 valence electrons. The Kier molecular flexibility index (Phi) is 3.39. The SMILES string of the molecule is CCc1nc(C(N)c2ccc(OC)cc2)no1. The number of nitrogens with two attached hydrogens (primary N) is 1. The maximum Gasteiger partial charge on any atom is 0.226 e. The van der Waals surface area contributed by atoms with Crippen molar-refractivity contribution in [2.45, 2.75) is 19.4 Å². The zero-order chi connectivity index (χ0) is 12.3. The molecule has 1 aromatic heterocycles. The number of nitrogens with zero attached hydrogens (tertiary/aromatic N) is 2. The zero-order valence-corrected chi connectivity index (χ0v) is 9.88. The van der Waals surface area contributed by atoms with Crippen molar-refractivity contribution in [3.63, 3.8) is 0 Å². The van der Waals surface area contributed by atoms with E-state index in [1.165, 1.54) is 0 Å². The molecule has 2 N–H and O–H groups in total.